The van der Waals surface area contributed by atoms with Gasteiger partial charge in [-0.1, -0.05) is 12.1 Å². The molecule has 18 heavy (non-hydrogen) atoms. The highest BCUT2D eigenvalue weighted by atomic mass is 19.3. The summed E-state index contributed by atoms with van der Waals surface area (Å²) in [5.41, 5.74) is 0.871. The molecule has 100 valence electrons. The Morgan fingerprint density at radius 3 is 2.67 bits per heavy atom. The topological polar surface area (TPSA) is 21.7 Å². The molecule has 1 aromatic rings. The number of alkyl halides is 2. The van der Waals surface area contributed by atoms with Gasteiger partial charge in [0.1, 0.15) is 0 Å². The van der Waals surface area contributed by atoms with E-state index in [0.717, 1.165) is 12.1 Å². The van der Waals surface area contributed by atoms with E-state index >= 15 is 0 Å². The number of halogens is 2. The highest BCUT2D eigenvalue weighted by Crippen LogP contribution is 2.29. The van der Waals surface area contributed by atoms with Crippen LogP contribution in [0, 0.1) is 0 Å². The van der Waals surface area contributed by atoms with Crippen LogP contribution >= 0.6 is 0 Å². The first-order valence-corrected chi connectivity index (χ1v) is 5.48. The second-order valence-electron chi connectivity index (χ2n) is 3.85. The van der Waals surface area contributed by atoms with Gasteiger partial charge in [0, 0.05) is 13.1 Å². The maximum atomic E-state index is 12.3. The van der Waals surface area contributed by atoms with Crippen LogP contribution in [0.15, 0.2) is 30.9 Å². The Morgan fingerprint density at radius 1 is 1.39 bits per heavy atom. The number of methoxy groups -OCH3 is 1. The highest BCUT2D eigenvalue weighted by Gasteiger charge is 2.11. The maximum Gasteiger partial charge on any atom is 0.387 e. The summed E-state index contributed by atoms with van der Waals surface area (Å²) in [6.07, 6.45) is 1.78. The van der Waals surface area contributed by atoms with E-state index in [9.17, 15) is 8.78 Å². The van der Waals surface area contributed by atoms with Crippen molar-refractivity contribution in [2.24, 2.45) is 0 Å². The third-order valence-electron chi connectivity index (χ3n) is 2.34. The van der Waals surface area contributed by atoms with Gasteiger partial charge in [-0.2, -0.15) is 8.78 Å². The molecule has 5 heteroatoms. The molecule has 1 rings (SSSR count). The lowest BCUT2D eigenvalue weighted by molar-refractivity contribution is -0.0512. The van der Waals surface area contributed by atoms with Gasteiger partial charge in [-0.25, -0.2) is 0 Å². The molecule has 0 heterocycles. The Bertz CT molecular complexity index is 397. The molecular formula is C13H17F2NO2. The quantitative estimate of drug-likeness (QED) is 0.701. The lowest BCUT2D eigenvalue weighted by atomic mass is 10.2. The van der Waals surface area contributed by atoms with Gasteiger partial charge in [-0.05, 0) is 24.7 Å². The molecule has 3 nitrogen and oxygen atoms in total. The van der Waals surface area contributed by atoms with Gasteiger partial charge >= 0.3 is 6.61 Å². The number of likely N-dealkylation sites (N-methyl/N-ethyl adjacent to an activating group) is 1. The molecule has 0 aromatic heterocycles. The van der Waals surface area contributed by atoms with Gasteiger partial charge in [0.25, 0.3) is 0 Å². The van der Waals surface area contributed by atoms with E-state index in [1.165, 1.54) is 7.11 Å². The van der Waals surface area contributed by atoms with E-state index in [1.807, 2.05) is 18.0 Å². The van der Waals surface area contributed by atoms with Crippen LogP contribution in [0.4, 0.5) is 8.78 Å². The summed E-state index contributed by atoms with van der Waals surface area (Å²) in [7, 11) is 3.33. The minimum absolute atomic E-state index is 0.0528. The fourth-order valence-electron chi connectivity index (χ4n) is 1.60. The number of rotatable bonds is 7. The molecule has 0 spiro atoms. The maximum absolute atomic E-state index is 12.3. The summed E-state index contributed by atoms with van der Waals surface area (Å²) < 4.78 is 33.9. The normalized spacial score (nSPS) is 10.8. The summed E-state index contributed by atoms with van der Waals surface area (Å²) in [6, 6.07) is 5.00. The zero-order valence-corrected chi connectivity index (χ0v) is 10.5. The number of hydrogen-bond donors (Lipinski definition) is 0. The molecule has 1 aromatic carbocycles. The average Bonchev–Trinajstić information content (AvgIpc) is 2.28. The van der Waals surface area contributed by atoms with E-state index in [4.69, 9.17) is 4.74 Å². The molecular weight excluding hydrogens is 240 g/mol. The summed E-state index contributed by atoms with van der Waals surface area (Å²) in [5, 5.41) is 0. The standard InChI is InChI=1S/C13H17F2NO2/c1-4-7-16(2)9-10-5-6-11(17-3)12(8-10)18-13(14)15/h4-6,8,13H,1,7,9H2,2-3H3. The Labute approximate surface area is 106 Å². The zero-order chi connectivity index (χ0) is 13.5. The first-order valence-electron chi connectivity index (χ1n) is 5.48. The minimum atomic E-state index is -2.86. The number of hydrogen-bond acceptors (Lipinski definition) is 3. The lowest BCUT2D eigenvalue weighted by Gasteiger charge is -2.16. The first kappa shape index (κ1) is 14.4. The molecule has 0 N–H and O–H groups in total. The van der Waals surface area contributed by atoms with E-state index in [2.05, 4.69) is 11.3 Å². The van der Waals surface area contributed by atoms with Crippen LogP contribution < -0.4 is 9.47 Å². The number of nitrogens with zero attached hydrogens (tertiary/aromatic N) is 1. The van der Waals surface area contributed by atoms with Crippen molar-refractivity contribution in [3.63, 3.8) is 0 Å². The van der Waals surface area contributed by atoms with Gasteiger partial charge in [0.2, 0.25) is 0 Å². The van der Waals surface area contributed by atoms with Crippen molar-refractivity contribution < 1.29 is 18.3 Å². The summed E-state index contributed by atoms with van der Waals surface area (Å²) in [4.78, 5) is 2.00. The van der Waals surface area contributed by atoms with Gasteiger partial charge in [-0.3, -0.25) is 4.90 Å². The second kappa shape index (κ2) is 6.96. The van der Waals surface area contributed by atoms with Gasteiger partial charge in [0.15, 0.2) is 11.5 Å². The highest BCUT2D eigenvalue weighted by molar-refractivity contribution is 5.43. The molecule has 0 saturated carbocycles. The van der Waals surface area contributed by atoms with Crippen molar-refractivity contribution in [1.29, 1.82) is 0 Å². The third kappa shape index (κ3) is 4.33. The lowest BCUT2D eigenvalue weighted by Crippen LogP contribution is -2.17. The third-order valence-corrected chi connectivity index (χ3v) is 2.34. The number of benzene rings is 1. The summed E-state index contributed by atoms with van der Waals surface area (Å²) in [6.45, 7) is 2.12. The van der Waals surface area contributed by atoms with E-state index < -0.39 is 6.61 Å². The molecule has 0 saturated heterocycles. The fourth-order valence-corrected chi connectivity index (χ4v) is 1.60. The molecule has 0 fully saturated rings. The Morgan fingerprint density at radius 2 is 2.11 bits per heavy atom. The van der Waals surface area contributed by atoms with Crippen LogP contribution in [-0.4, -0.2) is 32.2 Å². The monoisotopic (exact) mass is 257 g/mol. The molecule has 0 bridgehead atoms. The van der Waals surface area contributed by atoms with Crippen LogP contribution in [-0.2, 0) is 6.54 Å². The molecule has 0 amide bonds. The smallest absolute Gasteiger partial charge is 0.387 e. The van der Waals surface area contributed by atoms with Crippen molar-refractivity contribution in [1.82, 2.24) is 4.90 Å². The fraction of sp³-hybridized carbons (Fsp3) is 0.385. The molecule has 0 radical (unpaired) electrons. The second-order valence-corrected chi connectivity index (χ2v) is 3.85. The van der Waals surface area contributed by atoms with E-state index in [0.29, 0.717) is 12.3 Å². The Kier molecular flexibility index (Phi) is 5.58. The number of ether oxygens (including phenoxy) is 2. The zero-order valence-electron chi connectivity index (χ0n) is 10.5. The molecule has 0 atom stereocenters. The van der Waals surface area contributed by atoms with E-state index in [1.54, 1.807) is 18.2 Å². The SMILES string of the molecule is C=CCN(C)Cc1ccc(OC)c(OC(F)F)c1. The van der Waals surface area contributed by atoms with Crippen molar-refractivity contribution in [3.05, 3.63) is 36.4 Å². The van der Waals surface area contributed by atoms with Crippen molar-refractivity contribution in [2.45, 2.75) is 13.2 Å². The van der Waals surface area contributed by atoms with Crippen LogP contribution in [0.3, 0.4) is 0 Å². The van der Waals surface area contributed by atoms with Crippen LogP contribution in [0.1, 0.15) is 5.56 Å². The minimum Gasteiger partial charge on any atom is -0.493 e. The van der Waals surface area contributed by atoms with Gasteiger partial charge < -0.3 is 9.47 Å². The van der Waals surface area contributed by atoms with Crippen molar-refractivity contribution >= 4 is 0 Å². The molecule has 0 aliphatic carbocycles. The van der Waals surface area contributed by atoms with Gasteiger partial charge in [-0.15, -0.1) is 6.58 Å². The summed E-state index contributed by atoms with van der Waals surface area (Å²) >= 11 is 0. The van der Waals surface area contributed by atoms with Crippen LogP contribution in [0.5, 0.6) is 11.5 Å². The Hall–Kier alpha value is -1.62. The van der Waals surface area contributed by atoms with E-state index in [-0.39, 0.29) is 5.75 Å². The Balaban J connectivity index is 2.84. The molecule has 0 aliphatic heterocycles. The van der Waals surface area contributed by atoms with Crippen LogP contribution in [0.2, 0.25) is 0 Å². The average molecular weight is 257 g/mol. The largest absolute Gasteiger partial charge is 0.493 e. The molecule has 0 aliphatic rings. The summed E-state index contributed by atoms with van der Waals surface area (Å²) in [5.74, 6) is 0.349. The van der Waals surface area contributed by atoms with Crippen LogP contribution in [0.25, 0.3) is 0 Å². The first-order chi connectivity index (χ1) is 8.56. The predicted octanol–water partition coefficient (Wildman–Crippen LogP) is 2.91. The molecule has 0 unspecified atom stereocenters. The van der Waals surface area contributed by atoms with Crippen molar-refractivity contribution in [2.75, 3.05) is 20.7 Å². The van der Waals surface area contributed by atoms with Crippen molar-refractivity contribution in [3.8, 4) is 11.5 Å². The predicted molar refractivity (Wildman–Crippen MR) is 66.2 cm³/mol. The van der Waals surface area contributed by atoms with Gasteiger partial charge in [0.05, 0.1) is 7.11 Å².